The van der Waals surface area contributed by atoms with Gasteiger partial charge in [-0.3, -0.25) is 14.8 Å². The molecule has 0 spiro atoms. The van der Waals surface area contributed by atoms with Crippen LogP contribution in [0.5, 0.6) is 0 Å². The quantitative estimate of drug-likeness (QED) is 0.295. The van der Waals surface area contributed by atoms with Crippen LogP contribution in [0.2, 0.25) is 0 Å². The lowest BCUT2D eigenvalue weighted by molar-refractivity contribution is -0.133. The minimum absolute atomic E-state index is 0.273. The Balaban J connectivity index is 1.58. The van der Waals surface area contributed by atoms with E-state index in [4.69, 9.17) is 9.94 Å². The number of carbonyl (C=O) groups is 2. The van der Waals surface area contributed by atoms with Crippen molar-refractivity contribution >= 4 is 17.6 Å². The molecule has 0 radical (unpaired) electrons. The van der Waals surface area contributed by atoms with Gasteiger partial charge in [0.1, 0.15) is 11.9 Å². The Kier molecular flexibility index (Phi) is 8.39. The van der Waals surface area contributed by atoms with Crippen LogP contribution in [-0.2, 0) is 9.53 Å². The summed E-state index contributed by atoms with van der Waals surface area (Å²) >= 11 is 0. The molecule has 9 heteroatoms. The lowest BCUT2D eigenvalue weighted by Gasteiger charge is -2.27. The van der Waals surface area contributed by atoms with Crippen LogP contribution in [0.1, 0.15) is 28.4 Å². The van der Waals surface area contributed by atoms with Gasteiger partial charge in [-0.15, -0.1) is 0 Å². The van der Waals surface area contributed by atoms with Crippen LogP contribution < -0.4 is 15.7 Å². The molecule has 1 aliphatic heterocycles. The highest BCUT2D eigenvalue weighted by Gasteiger charge is 2.25. The number of aliphatic hydroxyl groups excluding tert-OH is 1. The van der Waals surface area contributed by atoms with Crippen molar-refractivity contribution < 1.29 is 24.6 Å². The number of hydrogen-bond donors (Lipinski definition) is 4. The summed E-state index contributed by atoms with van der Waals surface area (Å²) in [6.07, 6.45) is 0.528. The standard InChI is InChI=1S/C24H24N4O5/c1-17(29)22(24(31)27-32)26-23(30)20-9-6-18(7-10-20)4-2-3-5-19-8-11-21(25-16-19)28-12-14-33-15-13-28/h6-11,16-17,22,29,32H,12-15H2,1H3,(H,26,30)(H,27,31)/t17-,22?/m1/s1. The maximum absolute atomic E-state index is 12.3. The van der Waals surface area contributed by atoms with E-state index < -0.39 is 24.0 Å². The van der Waals surface area contributed by atoms with E-state index in [1.54, 1.807) is 18.3 Å². The molecule has 170 valence electrons. The second-order valence-electron chi connectivity index (χ2n) is 7.25. The van der Waals surface area contributed by atoms with Crippen molar-refractivity contribution in [2.75, 3.05) is 31.2 Å². The number of rotatable bonds is 5. The summed E-state index contributed by atoms with van der Waals surface area (Å²) in [7, 11) is 0. The molecular formula is C24H24N4O5. The summed E-state index contributed by atoms with van der Waals surface area (Å²) < 4.78 is 5.34. The number of anilines is 1. The fraction of sp³-hybridized carbons (Fsp3) is 0.292. The van der Waals surface area contributed by atoms with Crippen LogP contribution in [0.3, 0.4) is 0 Å². The molecular weight excluding hydrogens is 424 g/mol. The van der Waals surface area contributed by atoms with Crippen LogP contribution in [0.15, 0.2) is 42.6 Å². The van der Waals surface area contributed by atoms with Gasteiger partial charge in [-0.1, -0.05) is 11.8 Å². The summed E-state index contributed by atoms with van der Waals surface area (Å²) in [6.45, 7) is 4.38. The molecule has 0 saturated carbocycles. The number of morpholine rings is 1. The predicted octanol–water partition coefficient (Wildman–Crippen LogP) is 0.306. The van der Waals surface area contributed by atoms with Gasteiger partial charge in [-0.25, -0.2) is 10.5 Å². The molecule has 1 fully saturated rings. The first-order valence-electron chi connectivity index (χ1n) is 10.3. The van der Waals surface area contributed by atoms with E-state index in [1.807, 2.05) is 12.1 Å². The molecule has 9 nitrogen and oxygen atoms in total. The highest BCUT2D eigenvalue weighted by atomic mass is 16.5. The number of nitrogens with one attached hydrogen (secondary N) is 2. The first kappa shape index (κ1) is 23.8. The van der Waals surface area contributed by atoms with Crippen LogP contribution in [0.25, 0.3) is 0 Å². The van der Waals surface area contributed by atoms with Gasteiger partial charge >= 0.3 is 0 Å². The van der Waals surface area contributed by atoms with Crippen molar-refractivity contribution in [1.82, 2.24) is 15.8 Å². The Hall–Kier alpha value is -3.89. The molecule has 2 aromatic rings. The number of nitrogens with zero attached hydrogens (tertiary/aromatic N) is 2. The Morgan fingerprint density at radius 3 is 2.27 bits per heavy atom. The van der Waals surface area contributed by atoms with Crippen molar-refractivity contribution in [3.63, 3.8) is 0 Å². The van der Waals surface area contributed by atoms with E-state index in [2.05, 4.69) is 38.9 Å². The maximum atomic E-state index is 12.3. The third kappa shape index (κ3) is 6.79. The maximum Gasteiger partial charge on any atom is 0.268 e. The zero-order valence-electron chi connectivity index (χ0n) is 18.0. The molecule has 0 aliphatic carbocycles. The Morgan fingerprint density at radius 1 is 1.06 bits per heavy atom. The number of ether oxygens (including phenoxy) is 1. The third-order valence-corrected chi connectivity index (χ3v) is 4.87. The summed E-state index contributed by atoms with van der Waals surface area (Å²) in [5.74, 6) is 10.8. The van der Waals surface area contributed by atoms with E-state index in [0.29, 0.717) is 18.8 Å². The number of amides is 2. The zero-order chi connectivity index (χ0) is 23.6. The van der Waals surface area contributed by atoms with Crippen molar-refractivity contribution in [2.24, 2.45) is 0 Å². The molecule has 1 unspecified atom stereocenters. The Bertz CT molecular complexity index is 1090. The second kappa shape index (κ2) is 11.7. The monoisotopic (exact) mass is 448 g/mol. The lowest BCUT2D eigenvalue weighted by Crippen LogP contribution is -2.51. The number of aromatic nitrogens is 1. The number of aliphatic hydroxyl groups is 1. The fourth-order valence-electron chi connectivity index (χ4n) is 3.05. The Morgan fingerprint density at radius 2 is 1.70 bits per heavy atom. The molecule has 2 heterocycles. The van der Waals surface area contributed by atoms with Gasteiger partial charge in [0.05, 0.1) is 19.3 Å². The molecule has 2 atom stereocenters. The van der Waals surface area contributed by atoms with Gasteiger partial charge in [0.25, 0.3) is 11.8 Å². The van der Waals surface area contributed by atoms with Crippen LogP contribution in [0, 0.1) is 23.7 Å². The zero-order valence-corrected chi connectivity index (χ0v) is 18.0. The first-order chi connectivity index (χ1) is 16.0. The van der Waals surface area contributed by atoms with Gasteiger partial charge in [-0.2, -0.15) is 0 Å². The topological polar surface area (TPSA) is 124 Å². The number of hydroxylamine groups is 1. The number of pyridine rings is 1. The smallest absolute Gasteiger partial charge is 0.268 e. The molecule has 3 rings (SSSR count). The van der Waals surface area contributed by atoms with Crippen LogP contribution in [-0.4, -0.2) is 65.6 Å². The van der Waals surface area contributed by atoms with Gasteiger partial charge in [0.2, 0.25) is 0 Å². The minimum Gasteiger partial charge on any atom is -0.391 e. The highest BCUT2D eigenvalue weighted by molar-refractivity contribution is 5.97. The van der Waals surface area contributed by atoms with Crippen molar-refractivity contribution in [2.45, 2.75) is 19.1 Å². The lowest BCUT2D eigenvalue weighted by atomic mass is 10.1. The van der Waals surface area contributed by atoms with E-state index in [9.17, 15) is 14.7 Å². The second-order valence-corrected chi connectivity index (χ2v) is 7.25. The van der Waals surface area contributed by atoms with E-state index >= 15 is 0 Å². The number of carbonyl (C=O) groups excluding carboxylic acids is 2. The van der Waals surface area contributed by atoms with Gasteiger partial charge < -0.3 is 20.1 Å². The number of benzene rings is 1. The minimum atomic E-state index is -1.28. The van der Waals surface area contributed by atoms with Gasteiger partial charge in [-0.05, 0) is 55.2 Å². The largest absolute Gasteiger partial charge is 0.391 e. The van der Waals surface area contributed by atoms with Gasteiger partial charge in [0, 0.05) is 36.0 Å². The van der Waals surface area contributed by atoms with Crippen molar-refractivity contribution in [3.05, 3.63) is 59.3 Å². The Labute approximate surface area is 191 Å². The summed E-state index contributed by atoms with van der Waals surface area (Å²) in [4.78, 5) is 30.4. The van der Waals surface area contributed by atoms with Crippen molar-refractivity contribution in [1.29, 1.82) is 0 Å². The average Bonchev–Trinajstić information content (AvgIpc) is 2.85. The van der Waals surface area contributed by atoms with Crippen LogP contribution in [0.4, 0.5) is 5.82 Å². The summed E-state index contributed by atoms with van der Waals surface area (Å²) in [5, 5.41) is 20.7. The normalized spacial score (nSPS) is 14.6. The fourth-order valence-corrected chi connectivity index (χ4v) is 3.05. The molecule has 1 aliphatic rings. The molecule has 1 aromatic heterocycles. The predicted molar refractivity (Wildman–Crippen MR) is 120 cm³/mol. The molecule has 1 saturated heterocycles. The first-order valence-corrected chi connectivity index (χ1v) is 10.3. The SMILES string of the molecule is C[C@@H](O)C(NC(=O)c1ccc(C#CC#Cc2ccc(N3CCOCC3)nc2)cc1)C(=O)NO. The van der Waals surface area contributed by atoms with Crippen LogP contribution >= 0.6 is 0 Å². The summed E-state index contributed by atoms with van der Waals surface area (Å²) in [6, 6.07) is 8.91. The molecule has 1 aromatic carbocycles. The number of hydrogen-bond acceptors (Lipinski definition) is 7. The average molecular weight is 448 g/mol. The van der Waals surface area contributed by atoms with E-state index in [1.165, 1.54) is 24.5 Å². The van der Waals surface area contributed by atoms with E-state index in [0.717, 1.165) is 24.5 Å². The molecule has 33 heavy (non-hydrogen) atoms. The van der Waals surface area contributed by atoms with Crippen molar-refractivity contribution in [3.8, 4) is 23.7 Å². The summed E-state index contributed by atoms with van der Waals surface area (Å²) in [5.41, 5.74) is 3.10. The van der Waals surface area contributed by atoms with E-state index in [-0.39, 0.29) is 5.56 Å². The third-order valence-electron chi connectivity index (χ3n) is 4.87. The van der Waals surface area contributed by atoms with Gasteiger partial charge in [0.15, 0.2) is 0 Å². The highest BCUT2D eigenvalue weighted by Crippen LogP contribution is 2.12. The molecule has 0 bridgehead atoms. The molecule has 4 N–H and O–H groups in total. The molecule has 2 amide bonds.